The predicted molar refractivity (Wildman–Crippen MR) is 136 cm³/mol. The van der Waals surface area contributed by atoms with Gasteiger partial charge in [0.2, 0.25) is 23.6 Å². The molecule has 16 heteroatoms. The number of primary amides is 1. The van der Waals surface area contributed by atoms with Gasteiger partial charge < -0.3 is 47.7 Å². The number of carbonyl (C=O) groups is 6. The lowest BCUT2D eigenvalue weighted by Gasteiger charge is -2.25. The molecular weight excluding hydrogens is 530 g/mol. The molecular formula is C24H31N7O9. The number of H-pyrrole nitrogens is 1. The number of aromatic amines is 1. The molecule has 2 rings (SSSR count). The van der Waals surface area contributed by atoms with E-state index in [1.54, 1.807) is 0 Å². The van der Waals surface area contributed by atoms with Gasteiger partial charge in [-0.05, 0) is 24.1 Å². The molecule has 4 unspecified atom stereocenters. The van der Waals surface area contributed by atoms with Gasteiger partial charge >= 0.3 is 11.9 Å². The first kappa shape index (κ1) is 31.2. The Kier molecular flexibility index (Phi) is 11.6. The molecule has 0 aliphatic rings. The van der Waals surface area contributed by atoms with E-state index in [9.17, 15) is 39.0 Å². The highest BCUT2D eigenvalue weighted by Crippen LogP contribution is 2.12. The summed E-state index contributed by atoms with van der Waals surface area (Å²) < 4.78 is 0. The second kappa shape index (κ2) is 14.8. The van der Waals surface area contributed by atoms with Crippen LogP contribution >= 0.6 is 0 Å². The number of carboxylic acid groups (broad SMARTS) is 2. The van der Waals surface area contributed by atoms with E-state index in [0.29, 0.717) is 11.3 Å². The number of hydrogen-bond acceptors (Lipinski definition) is 9. The van der Waals surface area contributed by atoms with Crippen molar-refractivity contribution in [2.24, 2.45) is 11.5 Å². The van der Waals surface area contributed by atoms with Crippen LogP contribution in [0.5, 0.6) is 5.75 Å². The highest BCUT2D eigenvalue weighted by molar-refractivity contribution is 5.95. The van der Waals surface area contributed by atoms with Crippen molar-refractivity contribution in [3.8, 4) is 5.75 Å². The van der Waals surface area contributed by atoms with E-state index in [-0.39, 0.29) is 25.0 Å². The van der Waals surface area contributed by atoms with Crippen LogP contribution in [0, 0.1) is 0 Å². The Morgan fingerprint density at radius 3 is 2.02 bits per heavy atom. The molecule has 40 heavy (non-hydrogen) atoms. The summed E-state index contributed by atoms with van der Waals surface area (Å²) in [5.41, 5.74) is 11.6. The van der Waals surface area contributed by atoms with E-state index in [1.807, 2.05) is 0 Å². The average molecular weight is 562 g/mol. The number of phenols is 1. The molecule has 0 radical (unpaired) electrons. The van der Waals surface area contributed by atoms with Crippen LogP contribution in [0.25, 0.3) is 0 Å². The Labute approximate surface area is 227 Å². The van der Waals surface area contributed by atoms with Gasteiger partial charge in [0.15, 0.2) is 0 Å². The van der Waals surface area contributed by atoms with Crippen LogP contribution in [0.1, 0.15) is 30.5 Å². The molecule has 0 saturated heterocycles. The topological polar surface area (TPSA) is 280 Å². The molecule has 4 amide bonds. The third kappa shape index (κ3) is 10.4. The Hall–Kier alpha value is -4.99. The maximum Gasteiger partial charge on any atom is 0.326 e. The number of imidazole rings is 1. The first-order chi connectivity index (χ1) is 18.8. The summed E-state index contributed by atoms with van der Waals surface area (Å²) in [6.07, 6.45) is 0.967. The zero-order valence-electron chi connectivity index (χ0n) is 21.2. The fraction of sp³-hybridized carbons (Fsp3) is 0.375. The summed E-state index contributed by atoms with van der Waals surface area (Å²) >= 11 is 0. The van der Waals surface area contributed by atoms with Crippen molar-refractivity contribution < 1.29 is 44.1 Å². The fourth-order valence-electron chi connectivity index (χ4n) is 3.56. The minimum Gasteiger partial charge on any atom is -0.508 e. The molecule has 0 aliphatic carbocycles. The zero-order valence-corrected chi connectivity index (χ0v) is 21.2. The van der Waals surface area contributed by atoms with Crippen molar-refractivity contribution in [1.29, 1.82) is 0 Å². The summed E-state index contributed by atoms with van der Waals surface area (Å²) in [6.45, 7) is 0. The molecule has 11 N–H and O–H groups in total. The standard InChI is InChI=1S/C24H31N7O9/c25-15(9-19(26)33)21(36)29-16(5-6-20(34)35)22(37)30-17(7-12-1-3-14(32)4-2-12)23(38)31-18(24(39)40)8-13-10-27-11-28-13/h1-4,10-11,15-18,32H,5-9,25H2,(H2,26,33)(H,27,28)(H,29,36)(H,30,37)(H,31,38)(H,34,35)(H,39,40). The number of nitrogens with zero attached hydrogens (tertiary/aromatic N) is 1. The number of rotatable bonds is 16. The molecule has 16 nitrogen and oxygen atoms in total. The monoisotopic (exact) mass is 561 g/mol. The Morgan fingerprint density at radius 1 is 0.875 bits per heavy atom. The number of nitrogens with one attached hydrogen (secondary N) is 4. The van der Waals surface area contributed by atoms with Gasteiger partial charge in [-0.2, -0.15) is 0 Å². The van der Waals surface area contributed by atoms with E-state index in [4.69, 9.17) is 16.6 Å². The molecule has 1 heterocycles. The predicted octanol–water partition coefficient (Wildman–Crippen LogP) is -2.49. The van der Waals surface area contributed by atoms with E-state index in [2.05, 4.69) is 25.9 Å². The first-order valence-electron chi connectivity index (χ1n) is 12.0. The first-order valence-corrected chi connectivity index (χ1v) is 12.0. The van der Waals surface area contributed by atoms with Gasteiger partial charge in [0, 0.05) is 31.2 Å². The average Bonchev–Trinajstić information content (AvgIpc) is 3.39. The Morgan fingerprint density at radius 2 is 1.48 bits per heavy atom. The van der Waals surface area contributed by atoms with E-state index < -0.39 is 72.6 Å². The molecule has 0 spiro atoms. The van der Waals surface area contributed by atoms with Crippen LogP contribution in [0.2, 0.25) is 0 Å². The highest BCUT2D eigenvalue weighted by atomic mass is 16.4. The smallest absolute Gasteiger partial charge is 0.326 e. The second-order valence-electron chi connectivity index (χ2n) is 8.88. The maximum atomic E-state index is 13.2. The van der Waals surface area contributed by atoms with Crippen LogP contribution in [0.15, 0.2) is 36.8 Å². The van der Waals surface area contributed by atoms with E-state index >= 15 is 0 Å². The molecule has 0 saturated carbocycles. The number of hydrogen-bond donors (Lipinski definition) is 9. The van der Waals surface area contributed by atoms with E-state index in [0.717, 1.165) is 0 Å². The number of aromatic hydroxyl groups is 1. The van der Waals surface area contributed by atoms with Gasteiger partial charge in [-0.3, -0.25) is 24.0 Å². The van der Waals surface area contributed by atoms with Crippen LogP contribution in [0.3, 0.4) is 0 Å². The number of aromatic nitrogens is 2. The fourth-order valence-corrected chi connectivity index (χ4v) is 3.56. The van der Waals surface area contributed by atoms with Gasteiger partial charge in [-0.25, -0.2) is 9.78 Å². The van der Waals surface area contributed by atoms with Crippen molar-refractivity contribution in [2.75, 3.05) is 0 Å². The van der Waals surface area contributed by atoms with Crippen molar-refractivity contribution in [1.82, 2.24) is 25.9 Å². The quantitative estimate of drug-likeness (QED) is 0.103. The van der Waals surface area contributed by atoms with Crippen LogP contribution in [-0.4, -0.2) is 85.0 Å². The zero-order chi connectivity index (χ0) is 29.8. The van der Waals surface area contributed by atoms with Crippen molar-refractivity contribution in [3.63, 3.8) is 0 Å². The molecule has 0 aliphatic heterocycles. The molecule has 1 aromatic heterocycles. The molecule has 4 atom stereocenters. The largest absolute Gasteiger partial charge is 0.508 e. The summed E-state index contributed by atoms with van der Waals surface area (Å²) in [7, 11) is 0. The van der Waals surface area contributed by atoms with Gasteiger partial charge in [0.25, 0.3) is 0 Å². The van der Waals surface area contributed by atoms with Crippen molar-refractivity contribution >= 4 is 35.6 Å². The Bertz CT molecular complexity index is 1200. The van der Waals surface area contributed by atoms with E-state index in [1.165, 1.54) is 36.8 Å². The molecule has 0 bridgehead atoms. The summed E-state index contributed by atoms with van der Waals surface area (Å²) in [4.78, 5) is 79.4. The van der Waals surface area contributed by atoms with Crippen LogP contribution in [0.4, 0.5) is 0 Å². The lowest BCUT2D eigenvalue weighted by atomic mass is 10.0. The number of nitrogens with two attached hydrogens (primary N) is 2. The normalized spacial score (nSPS) is 13.7. The van der Waals surface area contributed by atoms with Gasteiger partial charge in [0.05, 0.1) is 18.8 Å². The number of aliphatic carboxylic acids is 2. The number of carbonyl (C=O) groups excluding carboxylic acids is 4. The third-order valence-corrected chi connectivity index (χ3v) is 5.64. The number of carboxylic acids is 2. The molecule has 2 aromatic rings. The Balaban J connectivity index is 2.27. The molecule has 216 valence electrons. The maximum absolute atomic E-state index is 13.2. The summed E-state index contributed by atoms with van der Waals surface area (Å²) in [6, 6.07) is -0.0155. The lowest BCUT2D eigenvalue weighted by Crippen LogP contribution is -2.58. The second-order valence-corrected chi connectivity index (χ2v) is 8.88. The number of amides is 4. The molecule has 1 aromatic carbocycles. The molecule has 0 fully saturated rings. The minimum absolute atomic E-state index is 0.0527. The van der Waals surface area contributed by atoms with Crippen LogP contribution in [-0.2, 0) is 41.6 Å². The SMILES string of the molecule is NC(=O)CC(N)C(=O)NC(CCC(=O)O)C(=O)NC(Cc1ccc(O)cc1)C(=O)NC(Cc1cnc[nH]1)C(=O)O. The third-order valence-electron chi connectivity index (χ3n) is 5.64. The van der Waals surface area contributed by atoms with Crippen molar-refractivity contribution in [3.05, 3.63) is 48.0 Å². The van der Waals surface area contributed by atoms with Gasteiger partial charge in [-0.15, -0.1) is 0 Å². The summed E-state index contributed by atoms with van der Waals surface area (Å²) in [5, 5.41) is 35.3. The van der Waals surface area contributed by atoms with Gasteiger partial charge in [-0.1, -0.05) is 12.1 Å². The van der Waals surface area contributed by atoms with Crippen molar-refractivity contribution in [2.45, 2.75) is 56.3 Å². The lowest BCUT2D eigenvalue weighted by molar-refractivity contribution is -0.142. The minimum atomic E-state index is -1.47. The van der Waals surface area contributed by atoms with Crippen LogP contribution < -0.4 is 27.4 Å². The van der Waals surface area contributed by atoms with Gasteiger partial charge in [0.1, 0.15) is 23.9 Å². The highest BCUT2D eigenvalue weighted by Gasteiger charge is 2.31. The number of phenolic OH excluding ortho intramolecular Hbond substituents is 1. The number of benzene rings is 1. The summed E-state index contributed by atoms with van der Waals surface area (Å²) in [5.74, 6) is -6.34.